The molecule has 1 fully saturated rings. The zero-order valence-corrected chi connectivity index (χ0v) is 12.4. The maximum atomic E-state index is 12.0. The molecule has 112 valence electrons. The summed E-state index contributed by atoms with van der Waals surface area (Å²) in [6.07, 6.45) is 3.11. The molecule has 0 amide bonds. The monoisotopic (exact) mass is 298 g/mol. The summed E-state index contributed by atoms with van der Waals surface area (Å²) in [5.74, 6) is -0.00935. The van der Waals surface area contributed by atoms with Gasteiger partial charge in [-0.15, -0.1) is 0 Å². The molecule has 1 atom stereocenters. The fourth-order valence-electron chi connectivity index (χ4n) is 2.23. The quantitative estimate of drug-likeness (QED) is 0.825. The zero-order valence-electron chi connectivity index (χ0n) is 11.5. The van der Waals surface area contributed by atoms with Gasteiger partial charge in [0, 0.05) is 19.7 Å². The third-order valence-corrected chi connectivity index (χ3v) is 4.74. The molecule has 0 aliphatic carbocycles. The number of nitrogens with two attached hydrogens (primary N) is 1. The van der Waals surface area contributed by atoms with Gasteiger partial charge >= 0.3 is 0 Å². The van der Waals surface area contributed by atoms with Crippen LogP contribution in [0.15, 0.2) is 24.3 Å². The minimum atomic E-state index is -3.31. The number of hydrogen-bond donors (Lipinski definition) is 2. The normalized spacial score (nSPS) is 19.9. The maximum Gasteiger partial charge on any atom is 0.215 e. The van der Waals surface area contributed by atoms with Crippen LogP contribution < -0.4 is 10.5 Å². The molecule has 20 heavy (non-hydrogen) atoms. The second-order valence-corrected chi connectivity index (χ2v) is 6.92. The molecular formula is C14H22N2O3S. The van der Waals surface area contributed by atoms with E-state index in [1.807, 2.05) is 12.1 Å². The van der Waals surface area contributed by atoms with Gasteiger partial charge in [-0.3, -0.25) is 0 Å². The van der Waals surface area contributed by atoms with E-state index in [4.69, 9.17) is 10.5 Å². The van der Waals surface area contributed by atoms with E-state index in [1.54, 1.807) is 12.1 Å². The Kier molecular flexibility index (Phi) is 5.54. The smallest absolute Gasteiger partial charge is 0.215 e. The predicted molar refractivity (Wildman–Crippen MR) is 78.6 cm³/mol. The van der Waals surface area contributed by atoms with E-state index in [-0.39, 0.29) is 11.9 Å². The first kappa shape index (κ1) is 15.4. The van der Waals surface area contributed by atoms with Crippen LogP contribution in [0.5, 0.6) is 0 Å². The number of nitrogens with one attached hydrogen (secondary N) is 1. The molecule has 5 nitrogen and oxygen atoms in total. The molecule has 3 N–H and O–H groups in total. The lowest BCUT2D eigenvalue weighted by Gasteiger charge is -2.22. The molecule has 0 bridgehead atoms. The Hall–Kier alpha value is -0.950. The van der Waals surface area contributed by atoms with Crippen molar-refractivity contribution in [3.63, 3.8) is 0 Å². The lowest BCUT2D eigenvalue weighted by Crippen LogP contribution is -2.36. The van der Waals surface area contributed by atoms with E-state index in [2.05, 4.69) is 4.72 Å². The molecular weight excluding hydrogens is 276 g/mol. The average molecular weight is 298 g/mol. The molecule has 6 heteroatoms. The Bertz CT molecular complexity index is 508. The van der Waals surface area contributed by atoms with Gasteiger partial charge < -0.3 is 10.5 Å². The van der Waals surface area contributed by atoms with Gasteiger partial charge in [0.2, 0.25) is 10.0 Å². The molecule has 1 saturated heterocycles. The first-order valence-electron chi connectivity index (χ1n) is 6.96. The second kappa shape index (κ2) is 7.17. The number of benzene rings is 1. The van der Waals surface area contributed by atoms with Gasteiger partial charge in [0.15, 0.2) is 0 Å². The van der Waals surface area contributed by atoms with Crippen molar-refractivity contribution in [1.29, 1.82) is 0 Å². The number of ether oxygens (including phenoxy) is 1. The zero-order chi connectivity index (χ0) is 14.4. The average Bonchev–Trinajstić information content (AvgIpc) is 2.47. The summed E-state index contributed by atoms with van der Waals surface area (Å²) in [4.78, 5) is 0. The lowest BCUT2D eigenvalue weighted by molar-refractivity contribution is 0.0200. The van der Waals surface area contributed by atoms with E-state index < -0.39 is 10.0 Å². The van der Waals surface area contributed by atoms with Crippen LogP contribution in [0.2, 0.25) is 0 Å². The lowest BCUT2D eigenvalue weighted by atomic mass is 10.1. The van der Waals surface area contributed by atoms with Crippen molar-refractivity contribution < 1.29 is 13.2 Å². The van der Waals surface area contributed by atoms with Crippen molar-refractivity contribution in [2.45, 2.75) is 37.7 Å². The molecule has 1 aliphatic rings. The number of hydrogen-bond acceptors (Lipinski definition) is 4. The summed E-state index contributed by atoms with van der Waals surface area (Å²) >= 11 is 0. The van der Waals surface area contributed by atoms with Gasteiger partial charge in [-0.25, -0.2) is 13.1 Å². The van der Waals surface area contributed by atoms with Crippen molar-refractivity contribution in [2.24, 2.45) is 5.73 Å². The van der Waals surface area contributed by atoms with Crippen molar-refractivity contribution >= 4 is 10.0 Å². The predicted octanol–water partition coefficient (Wildman–Crippen LogP) is 1.13. The highest BCUT2D eigenvalue weighted by molar-refractivity contribution is 7.88. The number of sulfonamides is 1. The minimum absolute atomic E-state index is 0.00935. The van der Waals surface area contributed by atoms with Crippen LogP contribution in [0.25, 0.3) is 0 Å². The molecule has 0 spiro atoms. The Balaban J connectivity index is 1.85. The van der Waals surface area contributed by atoms with Crippen molar-refractivity contribution in [3.8, 4) is 0 Å². The van der Waals surface area contributed by atoms with Crippen LogP contribution in [-0.4, -0.2) is 27.7 Å². The van der Waals surface area contributed by atoms with Crippen LogP contribution >= 0.6 is 0 Å². The van der Waals surface area contributed by atoms with Crippen molar-refractivity contribution in [1.82, 2.24) is 4.72 Å². The minimum Gasteiger partial charge on any atom is -0.377 e. The topological polar surface area (TPSA) is 81.4 Å². The molecule has 2 rings (SSSR count). The fraction of sp³-hybridized carbons (Fsp3) is 0.571. The molecule has 1 aromatic rings. The second-order valence-electron chi connectivity index (χ2n) is 5.12. The van der Waals surface area contributed by atoms with Gasteiger partial charge in [0.05, 0.1) is 11.9 Å². The molecule has 1 unspecified atom stereocenters. The van der Waals surface area contributed by atoms with Gasteiger partial charge in [-0.2, -0.15) is 0 Å². The first-order valence-corrected chi connectivity index (χ1v) is 8.61. The van der Waals surface area contributed by atoms with Crippen molar-refractivity contribution in [3.05, 3.63) is 35.4 Å². The highest BCUT2D eigenvalue weighted by atomic mass is 32.2. The van der Waals surface area contributed by atoms with E-state index in [0.29, 0.717) is 13.1 Å². The van der Waals surface area contributed by atoms with Crippen LogP contribution in [0.4, 0.5) is 0 Å². The highest BCUT2D eigenvalue weighted by Crippen LogP contribution is 2.13. The first-order chi connectivity index (χ1) is 9.59. The summed E-state index contributed by atoms with van der Waals surface area (Å²) in [7, 11) is -3.31. The van der Waals surface area contributed by atoms with Gasteiger partial charge in [0.25, 0.3) is 0 Å². The molecule has 0 radical (unpaired) electrons. The summed E-state index contributed by atoms with van der Waals surface area (Å²) in [5, 5.41) is 0. The van der Waals surface area contributed by atoms with Crippen LogP contribution in [0.3, 0.4) is 0 Å². The highest BCUT2D eigenvalue weighted by Gasteiger charge is 2.18. The van der Waals surface area contributed by atoms with Crippen LogP contribution in [0.1, 0.15) is 30.4 Å². The SMILES string of the molecule is NCc1ccc(CS(=O)(=O)NCC2CCCCO2)cc1. The third kappa shape index (κ3) is 4.86. The Morgan fingerprint density at radius 1 is 1.20 bits per heavy atom. The largest absolute Gasteiger partial charge is 0.377 e. The van der Waals surface area contributed by atoms with Gasteiger partial charge in [0.1, 0.15) is 0 Å². The van der Waals surface area contributed by atoms with Crippen molar-refractivity contribution in [2.75, 3.05) is 13.2 Å². The molecule has 1 aliphatic heterocycles. The Morgan fingerprint density at radius 2 is 1.90 bits per heavy atom. The van der Waals surface area contributed by atoms with E-state index >= 15 is 0 Å². The molecule has 0 saturated carbocycles. The summed E-state index contributed by atoms with van der Waals surface area (Å²) < 4.78 is 32.2. The third-order valence-electron chi connectivity index (χ3n) is 3.42. The van der Waals surface area contributed by atoms with Crippen LogP contribution in [0, 0.1) is 0 Å². The standard InChI is InChI=1S/C14H22N2O3S/c15-9-12-4-6-13(7-5-12)11-20(17,18)16-10-14-3-1-2-8-19-14/h4-7,14,16H,1-3,8-11,15H2. The molecule has 1 heterocycles. The Morgan fingerprint density at radius 3 is 2.50 bits per heavy atom. The summed E-state index contributed by atoms with van der Waals surface area (Å²) in [5.41, 5.74) is 7.27. The fourth-order valence-corrected chi connectivity index (χ4v) is 3.40. The summed E-state index contributed by atoms with van der Waals surface area (Å²) in [6.45, 7) is 1.56. The Labute approximate surface area is 120 Å². The van der Waals surface area contributed by atoms with Gasteiger partial charge in [-0.1, -0.05) is 24.3 Å². The van der Waals surface area contributed by atoms with Crippen LogP contribution in [-0.2, 0) is 27.1 Å². The molecule has 1 aromatic carbocycles. The summed E-state index contributed by atoms with van der Waals surface area (Å²) in [6, 6.07) is 7.32. The van der Waals surface area contributed by atoms with E-state index in [1.165, 1.54) is 0 Å². The molecule has 0 aromatic heterocycles. The van der Waals surface area contributed by atoms with Gasteiger partial charge in [-0.05, 0) is 30.4 Å². The maximum absolute atomic E-state index is 12.0. The van der Waals surface area contributed by atoms with E-state index in [0.717, 1.165) is 37.0 Å². The van der Waals surface area contributed by atoms with E-state index in [9.17, 15) is 8.42 Å². The number of rotatable bonds is 6.